The Balaban J connectivity index is 3.07. The van der Waals surface area contributed by atoms with E-state index >= 15 is 0 Å². The number of unbranched alkanes of at least 4 members (excludes halogenated alkanes) is 1. The molecule has 0 aliphatic carbocycles. The molecule has 0 amide bonds. The number of pyridine rings is 1. The molecule has 5 nitrogen and oxygen atoms in total. The van der Waals surface area contributed by atoms with Crippen molar-refractivity contribution in [1.29, 1.82) is 0 Å². The van der Waals surface area contributed by atoms with Crippen molar-refractivity contribution in [2.75, 3.05) is 19.7 Å². The summed E-state index contributed by atoms with van der Waals surface area (Å²) in [4.78, 5) is 4.05. The van der Waals surface area contributed by atoms with Crippen molar-refractivity contribution in [3.05, 3.63) is 24.0 Å². The molecular formula is C14H20N2O3S. The molecule has 1 rings (SSSR count). The Bertz CT molecular complexity index is 588. The van der Waals surface area contributed by atoms with Gasteiger partial charge in [0.1, 0.15) is 11.5 Å². The fraction of sp³-hybridized carbons (Fsp3) is 0.500. The highest BCUT2D eigenvalue weighted by Crippen LogP contribution is 2.16. The Morgan fingerprint density at radius 1 is 1.35 bits per heavy atom. The van der Waals surface area contributed by atoms with E-state index < -0.39 is 10.0 Å². The first-order valence-corrected chi connectivity index (χ1v) is 8.05. The Labute approximate surface area is 120 Å². The van der Waals surface area contributed by atoms with Gasteiger partial charge in [0.2, 0.25) is 10.0 Å². The highest BCUT2D eigenvalue weighted by molar-refractivity contribution is 7.89. The Kier molecular flexibility index (Phi) is 6.65. The fourth-order valence-electron chi connectivity index (χ4n) is 1.70. The maximum Gasteiger partial charge on any atom is 0.244 e. The van der Waals surface area contributed by atoms with Gasteiger partial charge in [-0.1, -0.05) is 32.1 Å². The summed E-state index contributed by atoms with van der Waals surface area (Å²) < 4.78 is 26.4. The van der Waals surface area contributed by atoms with Gasteiger partial charge >= 0.3 is 0 Å². The van der Waals surface area contributed by atoms with Crippen LogP contribution in [0.15, 0.2) is 23.4 Å². The van der Waals surface area contributed by atoms with Gasteiger partial charge in [-0.3, -0.25) is 4.98 Å². The summed E-state index contributed by atoms with van der Waals surface area (Å²) in [7, 11) is -3.53. The van der Waals surface area contributed by atoms with Gasteiger partial charge in [0.25, 0.3) is 0 Å². The largest absolute Gasteiger partial charge is 0.384 e. The van der Waals surface area contributed by atoms with Crippen molar-refractivity contribution in [1.82, 2.24) is 9.29 Å². The van der Waals surface area contributed by atoms with Crippen LogP contribution < -0.4 is 0 Å². The summed E-state index contributed by atoms with van der Waals surface area (Å²) in [5.41, 5.74) is 0.478. The SMILES string of the molecule is CCCCN(CC)S(=O)(=O)c1cncc(C#CCO)c1. The second-order valence-electron chi connectivity index (χ2n) is 4.22. The van der Waals surface area contributed by atoms with E-state index in [1.165, 1.54) is 22.8 Å². The monoisotopic (exact) mass is 296 g/mol. The molecule has 1 aromatic rings. The average molecular weight is 296 g/mol. The van der Waals surface area contributed by atoms with Gasteiger partial charge in [0.05, 0.1) is 0 Å². The molecule has 0 atom stereocenters. The van der Waals surface area contributed by atoms with Crippen molar-refractivity contribution in [3.8, 4) is 11.8 Å². The van der Waals surface area contributed by atoms with E-state index in [1.54, 1.807) is 0 Å². The second-order valence-corrected chi connectivity index (χ2v) is 6.16. The molecule has 1 heterocycles. The van der Waals surface area contributed by atoms with Gasteiger partial charge in [-0.05, 0) is 12.5 Å². The summed E-state index contributed by atoms with van der Waals surface area (Å²) >= 11 is 0. The number of rotatable bonds is 6. The molecule has 0 bridgehead atoms. The predicted octanol–water partition coefficient (Wildman–Crippen LogP) is 1.24. The molecule has 1 aromatic heterocycles. The normalized spacial score (nSPS) is 11.2. The van der Waals surface area contributed by atoms with Crippen LogP contribution in [0, 0.1) is 11.8 Å². The fourth-order valence-corrected chi connectivity index (χ4v) is 3.18. The first kappa shape index (κ1) is 16.6. The molecule has 0 saturated carbocycles. The summed E-state index contributed by atoms with van der Waals surface area (Å²) in [6, 6.07) is 1.49. The zero-order chi connectivity index (χ0) is 15.0. The van der Waals surface area contributed by atoms with Crippen molar-refractivity contribution >= 4 is 10.0 Å². The van der Waals surface area contributed by atoms with Gasteiger partial charge in [0, 0.05) is 31.0 Å². The first-order chi connectivity index (χ1) is 9.56. The third kappa shape index (κ3) is 4.30. The molecule has 0 aromatic carbocycles. The van der Waals surface area contributed by atoms with Crippen LogP contribution >= 0.6 is 0 Å². The lowest BCUT2D eigenvalue weighted by molar-refractivity contribution is 0.350. The topological polar surface area (TPSA) is 70.5 Å². The van der Waals surface area contributed by atoms with Crippen molar-refractivity contribution in [2.24, 2.45) is 0 Å². The van der Waals surface area contributed by atoms with Crippen LogP contribution in [0.1, 0.15) is 32.3 Å². The molecule has 110 valence electrons. The van der Waals surface area contributed by atoms with E-state index in [-0.39, 0.29) is 11.5 Å². The zero-order valence-corrected chi connectivity index (χ0v) is 12.7. The quantitative estimate of drug-likeness (QED) is 0.802. The number of aromatic nitrogens is 1. The minimum absolute atomic E-state index is 0.139. The first-order valence-electron chi connectivity index (χ1n) is 6.61. The van der Waals surface area contributed by atoms with E-state index in [2.05, 4.69) is 16.8 Å². The average Bonchev–Trinajstić information content (AvgIpc) is 2.46. The molecule has 0 radical (unpaired) electrons. The number of sulfonamides is 1. The van der Waals surface area contributed by atoms with Crippen LogP contribution in [-0.4, -0.2) is 42.5 Å². The Hall–Kier alpha value is -1.42. The maximum absolute atomic E-state index is 12.5. The van der Waals surface area contributed by atoms with Crippen molar-refractivity contribution in [2.45, 2.75) is 31.6 Å². The molecular weight excluding hydrogens is 276 g/mol. The molecule has 1 N–H and O–H groups in total. The van der Waals surface area contributed by atoms with Gasteiger partial charge in [-0.15, -0.1) is 0 Å². The van der Waals surface area contributed by atoms with Crippen LogP contribution in [0.2, 0.25) is 0 Å². The van der Waals surface area contributed by atoms with Crippen molar-refractivity contribution in [3.63, 3.8) is 0 Å². The lowest BCUT2D eigenvalue weighted by Gasteiger charge is -2.20. The van der Waals surface area contributed by atoms with E-state index in [4.69, 9.17) is 5.11 Å². The standard InChI is InChI=1S/C14H20N2O3S/c1-3-5-8-16(4-2)20(18,19)14-10-13(7-6-9-17)11-15-12-14/h10-12,17H,3-5,8-9H2,1-2H3. The number of nitrogens with zero attached hydrogens (tertiary/aromatic N) is 2. The highest BCUT2D eigenvalue weighted by atomic mass is 32.2. The third-order valence-electron chi connectivity index (χ3n) is 2.78. The minimum atomic E-state index is -3.53. The molecule has 0 spiro atoms. The molecule has 0 fully saturated rings. The minimum Gasteiger partial charge on any atom is -0.384 e. The van der Waals surface area contributed by atoms with Crippen molar-refractivity contribution < 1.29 is 13.5 Å². The predicted molar refractivity (Wildman–Crippen MR) is 77.5 cm³/mol. The number of hydrogen-bond donors (Lipinski definition) is 1. The second kappa shape index (κ2) is 8.00. The van der Waals surface area contributed by atoms with Crippen LogP contribution in [0.5, 0.6) is 0 Å². The van der Waals surface area contributed by atoms with E-state index in [0.717, 1.165) is 12.8 Å². The Morgan fingerprint density at radius 3 is 2.70 bits per heavy atom. The summed E-state index contributed by atoms with van der Waals surface area (Å²) in [6.07, 6.45) is 4.56. The lowest BCUT2D eigenvalue weighted by Crippen LogP contribution is -2.32. The van der Waals surface area contributed by atoms with E-state index in [9.17, 15) is 8.42 Å². The number of hydrogen-bond acceptors (Lipinski definition) is 4. The van der Waals surface area contributed by atoms with Crippen LogP contribution in [0.3, 0.4) is 0 Å². The van der Waals surface area contributed by atoms with Gasteiger partial charge in [-0.2, -0.15) is 4.31 Å². The summed E-state index contributed by atoms with van der Waals surface area (Å²) in [5.74, 6) is 5.14. The van der Waals surface area contributed by atoms with Gasteiger partial charge in [-0.25, -0.2) is 8.42 Å². The molecule has 0 unspecified atom stereocenters. The highest BCUT2D eigenvalue weighted by Gasteiger charge is 2.22. The molecule has 0 aliphatic heterocycles. The number of aliphatic hydroxyl groups excluding tert-OH is 1. The maximum atomic E-state index is 12.5. The zero-order valence-electron chi connectivity index (χ0n) is 11.8. The smallest absolute Gasteiger partial charge is 0.244 e. The van der Waals surface area contributed by atoms with Crippen LogP contribution in [-0.2, 0) is 10.0 Å². The molecule has 6 heteroatoms. The number of aliphatic hydroxyl groups is 1. The van der Waals surface area contributed by atoms with Gasteiger partial charge in [0.15, 0.2) is 0 Å². The van der Waals surface area contributed by atoms with E-state index in [1.807, 2.05) is 13.8 Å². The summed E-state index contributed by atoms with van der Waals surface area (Å²) in [6.45, 7) is 4.49. The van der Waals surface area contributed by atoms with Crippen LogP contribution in [0.25, 0.3) is 0 Å². The summed E-state index contributed by atoms with van der Waals surface area (Å²) in [5, 5.41) is 8.66. The molecule has 20 heavy (non-hydrogen) atoms. The Morgan fingerprint density at radius 2 is 2.10 bits per heavy atom. The van der Waals surface area contributed by atoms with Crippen LogP contribution in [0.4, 0.5) is 0 Å². The third-order valence-corrected chi connectivity index (χ3v) is 4.72. The molecule has 0 saturated heterocycles. The van der Waals surface area contributed by atoms with E-state index in [0.29, 0.717) is 18.7 Å². The lowest BCUT2D eigenvalue weighted by atomic mass is 10.3. The van der Waals surface area contributed by atoms with Gasteiger partial charge < -0.3 is 5.11 Å². The molecule has 0 aliphatic rings.